The van der Waals surface area contributed by atoms with Gasteiger partial charge in [-0.1, -0.05) is 54.6 Å². The zero-order chi connectivity index (χ0) is 25.2. The van der Waals surface area contributed by atoms with Crippen molar-refractivity contribution in [3.63, 3.8) is 0 Å². The lowest BCUT2D eigenvalue weighted by Crippen LogP contribution is -2.30. The third-order valence-electron chi connectivity index (χ3n) is 6.54. The number of hydrogen-bond donors (Lipinski definition) is 1. The molecule has 0 aliphatic heterocycles. The minimum absolute atomic E-state index is 0.0772. The zero-order valence-corrected chi connectivity index (χ0v) is 20.6. The molecule has 6 aromatic rings. The number of nitrogens with zero attached hydrogens (tertiary/aromatic N) is 4. The number of aryl methyl sites for hydroxylation is 2. The Balaban J connectivity index is 1.09. The van der Waals surface area contributed by atoms with E-state index in [1.165, 1.54) is 21.8 Å². The first-order chi connectivity index (χ1) is 18.2. The summed E-state index contributed by atoms with van der Waals surface area (Å²) in [6, 6.07) is 30.4. The maximum atomic E-state index is 12.6. The summed E-state index contributed by atoms with van der Waals surface area (Å²) in [4.78, 5) is 14.1. The van der Waals surface area contributed by atoms with Gasteiger partial charge in [0, 0.05) is 34.9 Å². The van der Waals surface area contributed by atoms with Crippen LogP contribution in [0.4, 0.5) is 0 Å². The molecule has 0 aliphatic carbocycles. The highest BCUT2D eigenvalue weighted by Crippen LogP contribution is 2.29. The van der Waals surface area contributed by atoms with Crippen molar-refractivity contribution in [2.75, 3.05) is 13.2 Å². The first-order valence-electron chi connectivity index (χ1n) is 12.5. The number of para-hydroxylation sites is 2. The average molecular weight is 490 g/mol. The van der Waals surface area contributed by atoms with Crippen LogP contribution in [0.3, 0.4) is 0 Å². The van der Waals surface area contributed by atoms with Crippen molar-refractivity contribution in [3.8, 4) is 11.4 Å². The fourth-order valence-electron chi connectivity index (χ4n) is 4.78. The summed E-state index contributed by atoms with van der Waals surface area (Å²) < 4.78 is 8.23. The molecule has 0 bridgehead atoms. The molecule has 1 N–H and O–H groups in total. The molecule has 2 heterocycles. The van der Waals surface area contributed by atoms with E-state index in [1.807, 2.05) is 49.4 Å². The molecule has 0 saturated carbocycles. The maximum absolute atomic E-state index is 12.6. The third-order valence-corrected chi connectivity index (χ3v) is 6.54. The molecule has 184 valence electrons. The predicted molar refractivity (Wildman–Crippen MR) is 146 cm³/mol. The van der Waals surface area contributed by atoms with Crippen LogP contribution >= 0.6 is 0 Å². The minimum Gasteiger partial charge on any atom is -0.481 e. The van der Waals surface area contributed by atoms with Gasteiger partial charge in [0.2, 0.25) is 0 Å². The average Bonchev–Trinajstić information content (AvgIpc) is 3.50. The van der Waals surface area contributed by atoms with E-state index >= 15 is 0 Å². The Morgan fingerprint density at radius 1 is 0.838 bits per heavy atom. The SMILES string of the molecule is Cc1ccc(OCC(=O)NCCCn2c3ccccc3c3ccccc32)c(-n2nc3ccccc3n2)c1. The van der Waals surface area contributed by atoms with Crippen LogP contribution in [-0.2, 0) is 11.3 Å². The molecule has 7 nitrogen and oxygen atoms in total. The summed E-state index contributed by atoms with van der Waals surface area (Å²) in [5.74, 6) is 0.402. The van der Waals surface area contributed by atoms with E-state index in [4.69, 9.17) is 4.74 Å². The van der Waals surface area contributed by atoms with E-state index in [0.29, 0.717) is 18.0 Å². The Labute approximate surface area is 214 Å². The number of ether oxygens (including phenoxy) is 1. The Morgan fingerprint density at radius 3 is 2.14 bits per heavy atom. The Bertz CT molecular complexity index is 1650. The van der Waals surface area contributed by atoms with Crippen LogP contribution in [0.1, 0.15) is 12.0 Å². The van der Waals surface area contributed by atoms with Gasteiger partial charge in [-0.05, 0) is 55.3 Å². The molecule has 2 aromatic heterocycles. The van der Waals surface area contributed by atoms with E-state index in [1.54, 1.807) is 4.80 Å². The number of fused-ring (bicyclic) bond motifs is 4. The van der Waals surface area contributed by atoms with Crippen LogP contribution in [-0.4, -0.2) is 38.6 Å². The van der Waals surface area contributed by atoms with Crippen molar-refractivity contribution < 1.29 is 9.53 Å². The lowest BCUT2D eigenvalue weighted by molar-refractivity contribution is -0.123. The molecule has 0 unspecified atom stereocenters. The second-order valence-corrected chi connectivity index (χ2v) is 9.13. The molecule has 0 spiro atoms. The van der Waals surface area contributed by atoms with Gasteiger partial charge in [-0.2, -0.15) is 0 Å². The van der Waals surface area contributed by atoms with E-state index in [2.05, 4.69) is 68.6 Å². The Kier molecular flexibility index (Phi) is 6.02. The normalized spacial score (nSPS) is 11.4. The minimum atomic E-state index is -0.160. The number of benzene rings is 4. The monoisotopic (exact) mass is 489 g/mol. The van der Waals surface area contributed by atoms with Gasteiger partial charge < -0.3 is 14.6 Å². The van der Waals surface area contributed by atoms with Crippen LogP contribution in [0.5, 0.6) is 5.75 Å². The van der Waals surface area contributed by atoms with Crippen LogP contribution < -0.4 is 10.1 Å². The topological polar surface area (TPSA) is 74.0 Å². The number of carbonyl (C=O) groups excluding carboxylic acids is 1. The molecule has 0 aliphatic rings. The van der Waals surface area contributed by atoms with E-state index < -0.39 is 0 Å². The molecule has 0 saturated heterocycles. The van der Waals surface area contributed by atoms with Crippen molar-refractivity contribution >= 4 is 38.7 Å². The summed E-state index contributed by atoms with van der Waals surface area (Å²) >= 11 is 0. The van der Waals surface area contributed by atoms with E-state index in [0.717, 1.165) is 29.6 Å². The van der Waals surface area contributed by atoms with Crippen LogP contribution in [0.2, 0.25) is 0 Å². The number of carbonyl (C=O) groups is 1. The number of amides is 1. The first-order valence-corrected chi connectivity index (χ1v) is 12.5. The molecule has 37 heavy (non-hydrogen) atoms. The Morgan fingerprint density at radius 2 is 1.46 bits per heavy atom. The molecule has 7 heteroatoms. The molecular formula is C30H27N5O2. The van der Waals surface area contributed by atoms with Gasteiger partial charge in [0.1, 0.15) is 22.5 Å². The highest BCUT2D eigenvalue weighted by molar-refractivity contribution is 6.07. The molecular weight excluding hydrogens is 462 g/mol. The largest absolute Gasteiger partial charge is 0.481 e. The van der Waals surface area contributed by atoms with Crippen LogP contribution in [0, 0.1) is 6.92 Å². The van der Waals surface area contributed by atoms with Crippen molar-refractivity contribution in [3.05, 3.63) is 96.6 Å². The second-order valence-electron chi connectivity index (χ2n) is 9.13. The number of aromatic nitrogens is 4. The van der Waals surface area contributed by atoms with Gasteiger partial charge in [0.15, 0.2) is 6.61 Å². The molecule has 4 aromatic carbocycles. The first kappa shape index (κ1) is 22.8. The van der Waals surface area contributed by atoms with Gasteiger partial charge in [0.25, 0.3) is 5.91 Å². The molecule has 1 amide bonds. The lowest BCUT2D eigenvalue weighted by atomic mass is 10.2. The predicted octanol–water partition coefficient (Wildman–Crippen LogP) is 5.42. The summed E-state index contributed by atoms with van der Waals surface area (Å²) in [6.07, 6.45) is 0.813. The van der Waals surface area contributed by atoms with Gasteiger partial charge in [-0.3, -0.25) is 4.79 Å². The van der Waals surface area contributed by atoms with Crippen molar-refractivity contribution in [2.45, 2.75) is 19.9 Å². The summed E-state index contributed by atoms with van der Waals surface area (Å²) in [7, 11) is 0. The fourth-order valence-corrected chi connectivity index (χ4v) is 4.78. The van der Waals surface area contributed by atoms with Crippen LogP contribution in [0.15, 0.2) is 91.0 Å². The van der Waals surface area contributed by atoms with E-state index in [9.17, 15) is 4.79 Å². The molecule has 0 radical (unpaired) electrons. The van der Waals surface area contributed by atoms with Crippen LogP contribution in [0.25, 0.3) is 38.5 Å². The standard InChI is InChI=1S/C30H27N5O2/c1-21-15-16-29(28(19-21)35-32-24-11-4-5-12-25(24)33-35)37-20-30(36)31-17-8-18-34-26-13-6-2-9-22(26)23-10-3-7-14-27(23)34/h2-7,9-16,19H,8,17-18,20H2,1H3,(H,31,36). The molecule has 6 rings (SSSR count). The van der Waals surface area contributed by atoms with Gasteiger partial charge in [-0.15, -0.1) is 15.0 Å². The molecule has 0 fully saturated rings. The lowest BCUT2D eigenvalue weighted by Gasteiger charge is -2.12. The smallest absolute Gasteiger partial charge is 0.257 e. The summed E-state index contributed by atoms with van der Waals surface area (Å²) in [5.41, 5.74) is 5.79. The highest BCUT2D eigenvalue weighted by atomic mass is 16.5. The maximum Gasteiger partial charge on any atom is 0.257 e. The number of nitrogens with one attached hydrogen (secondary N) is 1. The van der Waals surface area contributed by atoms with Crippen molar-refractivity contribution in [1.29, 1.82) is 0 Å². The highest BCUT2D eigenvalue weighted by Gasteiger charge is 2.13. The molecule has 0 atom stereocenters. The van der Waals surface area contributed by atoms with Gasteiger partial charge in [0.05, 0.1) is 0 Å². The van der Waals surface area contributed by atoms with Gasteiger partial charge >= 0.3 is 0 Å². The van der Waals surface area contributed by atoms with E-state index in [-0.39, 0.29) is 12.5 Å². The third kappa shape index (κ3) is 4.51. The quantitative estimate of drug-likeness (QED) is 0.290. The second kappa shape index (κ2) is 9.78. The number of hydrogen-bond acceptors (Lipinski definition) is 4. The summed E-state index contributed by atoms with van der Waals surface area (Å²) in [5, 5.41) is 14.6. The van der Waals surface area contributed by atoms with Gasteiger partial charge in [-0.25, -0.2) is 0 Å². The Hall–Kier alpha value is -4.65. The fraction of sp³-hybridized carbons (Fsp3) is 0.167. The number of rotatable bonds is 8. The summed E-state index contributed by atoms with van der Waals surface area (Å²) in [6.45, 7) is 3.30. The zero-order valence-electron chi connectivity index (χ0n) is 20.6. The van der Waals surface area contributed by atoms with Crippen molar-refractivity contribution in [1.82, 2.24) is 24.9 Å². The van der Waals surface area contributed by atoms with Crippen molar-refractivity contribution in [2.24, 2.45) is 0 Å².